The molecule has 0 spiro atoms. The first-order valence-electron chi connectivity index (χ1n) is 6.93. The van der Waals surface area contributed by atoms with E-state index in [0.717, 1.165) is 16.7 Å². The fourth-order valence-corrected chi connectivity index (χ4v) is 2.33. The van der Waals surface area contributed by atoms with Crippen molar-refractivity contribution in [1.82, 2.24) is 0 Å². The smallest absolute Gasteiger partial charge is 0.339 e. The first kappa shape index (κ1) is 15.8. The Labute approximate surface area is 129 Å². The van der Waals surface area contributed by atoms with E-state index in [9.17, 15) is 9.59 Å². The minimum atomic E-state index is -0.557. The summed E-state index contributed by atoms with van der Waals surface area (Å²) in [6.45, 7) is 4.15. The Balaban J connectivity index is 2.14. The summed E-state index contributed by atoms with van der Waals surface area (Å²) in [5.41, 5.74) is 3.55. The molecular formula is C18H18O4. The van der Waals surface area contributed by atoms with Gasteiger partial charge in [-0.15, -0.1) is 0 Å². The average molecular weight is 298 g/mol. The molecule has 0 saturated carbocycles. The number of benzene rings is 2. The van der Waals surface area contributed by atoms with Gasteiger partial charge in [-0.2, -0.15) is 0 Å². The molecule has 0 aromatic heterocycles. The summed E-state index contributed by atoms with van der Waals surface area (Å²) < 4.78 is 9.99. The molecule has 0 N–H and O–H groups in total. The second-order valence-corrected chi connectivity index (χ2v) is 5.11. The van der Waals surface area contributed by atoms with E-state index in [4.69, 9.17) is 4.74 Å². The maximum Gasteiger partial charge on any atom is 0.339 e. The molecule has 22 heavy (non-hydrogen) atoms. The zero-order valence-corrected chi connectivity index (χ0v) is 12.9. The molecule has 0 radical (unpaired) electrons. The van der Waals surface area contributed by atoms with Crippen molar-refractivity contribution in [3.63, 3.8) is 0 Å². The lowest BCUT2D eigenvalue weighted by Crippen LogP contribution is -2.13. The average Bonchev–Trinajstić information content (AvgIpc) is 2.51. The van der Waals surface area contributed by atoms with Gasteiger partial charge in [-0.25, -0.2) is 9.59 Å². The lowest BCUT2D eigenvalue weighted by Gasteiger charge is -2.09. The van der Waals surface area contributed by atoms with Gasteiger partial charge in [0.1, 0.15) is 6.61 Å². The van der Waals surface area contributed by atoms with Gasteiger partial charge >= 0.3 is 11.9 Å². The third kappa shape index (κ3) is 3.73. The predicted octanol–water partition coefficient (Wildman–Crippen LogP) is 3.45. The highest BCUT2D eigenvalue weighted by molar-refractivity contribution is 6.03. The third-order valence-corrected chi connectivity index (χ3v) is 3.20. The molecule has 0 aliphatic heterocycles. The lowest BCUT2D eigenvalue weighted by molar-refractivity contribution is 0.0457. The van der Waals surface area contributed by atoms with Crippen molar-refractivity contribution in [3.05, 3.63) is 70.3 Å². The number of ether oxygens (including phenoxy) is 2. The molecule has 114 valence electrons. The van der Waals surface area contributed by atoms with Gasteiger partial charge in [-0.3, -0.25) is 0 Å². The molecule has 0 saturated heterocycles. The summed E-state index contributed by atoms with van der Waals surface area (Å²) in [5, 5.41) is 0. The molecule has 0 heterocycles. The highest BCUT2D eigenvalue weighted by Gasteiger charge is 2.18. The summed E-state index contributed by atoms with van der Waals surface area (Å²) in [5.74, 6) is -1.10. The van der Waals surface area contributed by atoms with Gasteiger partial charge in [-0.1, -0.05) is 41.5 Å². The van der Waals surface area contributed by atoms with Gasteiger partial charge in [0.05, 0.1) is 18.2 Å². The van der Waals surface area contributed by atoms with Crippen LogP contribution >= 0.6 is 0 Å². The van der Waals surface area contributed by atoms with Crippen LogP contribution in [0.4, 0.5) is 0 Å². The second kappa shape index (κ2) is 6.89. The van der Waals surface area contributed by atoms with Crippen molar-refractivity contribution in [2.24, 2.45) is 0 Å². The number of methoxy groups -OCH3 is 1. The summed E-state index contributed by atoms with van der Waals surface area (Å²) in [7, 11) is 1.28. The Bertz CT molecular complexity index is 684. The fourth-order valence-electron chi connectivity index (χ4n) is 2.33. The van der Waals surface area contributed by atoms with Crippen molar-refractivity contribution in [2.75, 3.05) is 7.11 Å². The van der Waals surface area contributed by atoms with E-state index < -0.39 is 11.9 Å². The molecule has 0 aliphatic rings. The molecule has 2 aromatic rings. The Kier molecular flexibility index (Phi) is 4.94. The quantitative estimate of drug-likeness (QED) is 0.811. The molecule has 4 heteroatoms. The molecule has 0 aliphatic carbocycles. The molecule has 0 atom stereocenters. The van der Waals surface area contributed by atoms with E-state index in [1.807, 2.05) is 26.0 Å². The Morgan fingerprint density at radius 1 is 0.909 bits per heavy atom. The Morgan fingerprint density at radius 3 is 2.00 bits per heavy atom. The number of esters is 2. The van der Waals surface area contributed by atoms with Crippen molar-refractivity contribution in [2.45, 2.75) is 20.5 Å². The van der Waals surface area contributed by atoms with Gasteiger partial charge in [0, 0.05) is 0 Å². The van der Waals surface area contributed by atoms with Crippen LogP contribution in [0.3, 0.4) is 0 Å². The van der Waals surface area contributed by atoms with E-state index in [0.29, 0.717) is 0 Å². The van der Waals surface area contributed by atoms with Gasteiger partial charge in [0.2, 0.25) is 0 Å². The molecule has 4 nitrogen and oxygen atoms in total. The van der Waals surface area contributed by atoms with Gasteiger partial charge in [0.25, 0.3) is 0 Å². The van der Waals surface area contributed by atoms with Crippen LogP contribution in [0, 0.1) is 13.8 Å². The zero-order chi connectivity index (χ0) is 16.1. The third-order valence-electron chi connectivity index (χ3n) is 3.20. The van der Waals surface area contributed by atoms with Crippen molar-refractivity contribution < 1.29 is 19.1 Å². The van der Waals surface area contributed by atoms with E-state index in [1.165, 1.54) is 7.11 Å². The van der Waals surface area contributed by atoms with Crippen LogP contribution in [0.1, 0.15) is 37.4 Å². The molecule has 2 aromatic carbocycles. The summed E-state index contributed by atoms with van der Waals surface area (Å²) in [6, 6.07) is 12.4. The number of aryl methyl sites for hydroxylation is 2. The van der Waals surface area contributed by atoms with Crippen LogP contribution in [0.15, 0.2) is 42.5 Å². The summed E-state index contributed by atoms with van der Waals surface area (Å²) in [4.78, 5) is 23.9. The van der Waals surface area contributed by atoms with Crippen molar-refractivity contribution in [3.8, 4) is 0 Å². The molecule has 0 fully saturated rings. The normalized spacial score (nSPS) is 10.1. The van der Waals surface area contributed by atoms with Gasteiger partial charge < -0.3 is 9.47 Å². The minimum absolute atomic E-state index is 0.164. The SMILES string of the molecule is COC(=O)c1ccccc1C(=O)OCc1cc(C)cc(C)c1. The van der Waals surface area contributed by atoms with Gasteiger partial charge in [0.15, 0.2) is 0 Å². The van der Waals surface area contributed by atoms with E-state index in [2.05, 4.69) is 10.8 Å². The monoisotopic (exact) mass is 298 g/mol. The molecule has 2 rings (SSSR count). The minimum Gasteiger partial charge on any atom is -0.465 e. The number of hydrogen-bond donors (Lipinski definition) is 0. The van der Waals surface area contributed by atoms with Crippen LogP contribution < -0.4 is 0 Å². The van der Waals surface area contributed by atoms with Gasteiger partial charge in [-0.05, 0) is 31.5 Å². The number of carbonyl (C=O) groups is 2. The van der Waals surface area contributed by atoms with Crippen LogP contribution in [-0.2, 0) is 16.1 Å². The first-order valence-corrected chi connectivity index (χ1v) is 6.93. The van der Waals surface area contributed by atoms with E-state index >= 15 is 0 Å². The zero-order valence-electron chi connectivity index (χ0n) is 12.9. The van der Waals surface area contributed by atoms with E-state index in [-0.39, 0.29) is 17.7 Å². The number of rotatable bonds is 4. The Morgan fingerprint density at radius 2 is 1.45 bits per heavy atom. The largest absolute Gasteiger partial charge is 0.465 e. The lowest BCUT2D eigenvalue weighted by atomic mass is 10.1. The van der Waals surface area contributed by atoms with E-state index in [1.54, 1.807) is 24.3 Å². The molecule has 0 unspecified atom stereocenters. The van der Waals surface area contributed by atoms with Crippen LogP contribution in [-0.4, -0.2) is 19.0 Å². The second-order valence-electron chi connectivity index (χ2n) is 5.11. The number of carbonyl (C=O) groups excluding carboxylic acids is 2. The highest BCUT2D eigenvalue weighted by atomic mass is 16.5. The number of hydrogen-bond acceptors (Lipinski definition) is 4. The molecule has 0 bridgehead atoms. The molecule has 0 amide bonds. The summed E-state index contributed by atoms with van der Waals surface area (Å²) in [6.07, 6.45) is 0. The van der Waals surface area contributed by atoms with Crippen molar-refractivity contribution >= 4 is 11.9 Å². The summed E-state index contributed by atoms with van der Waals surface area (Å²) >= 11 is 0. The van der Waals surface area contributed by atoms with Crippen molar-refractivity contribution in [1.29, 1.82) is 0 Å². The standard InChI is InChI=1S/C18H18O4/c1-12-8-13(2)10-14(9-12)11-22-18(20)16-7-5-4-6-15(16)17(19)21-3/h4-10H,11H2,1-3H3. The topological polar surface area (TPSA) is 52.6 Å². The maximum atomic E-state index is 12.2. The maximum absolute atomic E-state index is 12.2. The fraction of sp³-hybridized carbons (Fsp3) is 0.222. The Hall–Kier alpha value is -2.62. The predicted molar refractivity (Wildman–Crippen MR) is 82.8 cm³/mol. The van der Waals surface area contributed by atoms with Crippen LogP contribution in [0.5, 0.6) is 0 Å². The van der Waals surface area contributed by atoms with Crippen LogP contribution in [0.2, 0.25) is 0 Å². The highest BCUT2D eigenvalue weighted by Crippen LogP contribution is 2.14. The van der Waals surface area contributed by atoms with Crippen LogP contribution in [0.25, 0.3) is 0 Å². The first-order chi connectivity index (χ1) is 10.5. The molecular weight excluding hydrogens is 280 g/mol.